The summed E-state index contributed by atoms with van der Waals surface area (Å²) in [6.07, 6.45) is 0.559. The van der Waals surface area contributed by atoms with Gasteiger partial charge in [0.25, 0.3) is 5.69 Å². The van der Waals surface area contributed by atoms with Gasteiger partial charge in [-0.2, -0.15) is 5.10 Å². The summed E-state index contributed by atoms with van der Waals surface area (Å²) >= 11 is 0. The zero-order chi connectivity index (χ0) is 21.1. The first-order chi connectivity index (χ1) is 13.8. The third kappa shape index (κ3) is 4.26. The van der Waals surface area contributed by atoms with Crippen molar-refractivity contribution in [2.24, 2.45) is 0 Å². The van der Waals surface area contributed by atoms with Gasteiger partial charge in [-0.15, -0.1) is 0 Å². The molecule has 1 N–H and O–H groups in total. The van der Waals surface area contributed by atoms with Crippen LogP contribution in [0.3, 0.4) is 0 Å². The lowest BCUT2D eigenvalue weighted by Gasteiger charge is -2.12. The number of nitro benzene ring substituents is 1. The zero-order valence-electron chi connectivity index (χ0n) is 16.4. The number of aryl methyl sites for hydroxylation is 1. The second-order valence-corrected chi connectivity index (χ2v) is 6.72. The summed E-state index contributed by atoms with van der Waals surface area (Å²) in [4.78, 5) is 21.7. The van der Waals surface area contributed by atoms with Crippen LogP contribution in [-0.2, 0) is 17.8 Å². The standard InChI is InChI=1S/C21H21N3O5/c1-13-18(14(2)23(22-13)12-21(25)26)9-15-7-8-20(29-3)19(10-15)16-5-4-6-17(11-16)24(27)28/h4-8,10-11H,9,12H2,1-3H3,(H,25,26). The van der Waals surface area contributed by atoms with Gasteiger partial charge in [0.1, 0.15) is 12.3 Å². The van der Waals surface area contributed by atoms with Gasteiger partial charge in [-0.3, -0.25) is 19.6 Å². The fraction of sp³-hybridized carbons (Fsp3) is 0.238. The van der Waals surface area contributed by atoms with Crippen LogP contribution < -0.4 is 4.74 Å². The lowest BCUT2D eigenvalue weighted by atomic mass is 9.97. The van der Waals surface area contributed by atoms with Crippen molar-refractivity contribution in [3.05, 3.63) is 75.1 Å². The molecule has 0 unspecified atom stereocenters. The molecule has 0 aliphatic carbocycles. The van der Waals surface area contributed by atoms with E-state index in [1.54, 1.807) is 19.2 Å². The second-order valence-electron chi connectivity index (χ2n) is 6.72. The topological polar surface area (TPSA) is 107 Å². The highest BCUT2D eigenvalue weighted by Crippen LogP contribution is 2.33. The smallest absolute Gasteiger partial charge is 0.325 e. The van der Waals surface area contributed by atoms with Gasteiger partial charge in [0, 0.05) is 35.4 Å². The van der Waals surface area contributed by atoms with Crippen LogP contribution in [0.5, 0.6) is 5.75 Å². The van der Waals surface area contributed by atoms with Crippen molar-refractivity contribution in [3.63, 3.8) is 0 Å². The number of non-ortho nitro benzene ring substituents is 1. The van der Waals surface area contributed by atoms with Crippen LogP contribution in [0.25, 0.3) is 11.1 Å². The van der Waals surface area contributed by atoms with Gasteiger partial charge in [0.15, 0.2) is 0 Å². The molecule has 150 valence electrons. The van der Waals surface area contributed by atoms with Crippen LogP contribution in [0.15, 0.2) is 42.5 Å². The number of benzene rings is 2. The number of rotatable bonds is 7. The highest BCUT2D eigenvalue weighted by Gasteiger charge is 2.16. The average molecular weight is 395 g/mol. The fourth-order valence-electron chi connectivity index (χ4n) is 3.35. The van der Waals surface area contributed by atoms with E-state index in [2.05, 4.69) is 5.10 Å². The third-order valence-electron chi connectivity index (χ3n) is 4.83. The molecule has 3 rings (SSSR count). The van der Waals surface area contributed by atoms with Crippen LogP contribution in [0.1, 0.15) is 22.5 Å². The summed E-state index contributed by atoms with van der Waals surface area (Å²) < 4.78 is 6.93. The Morgan fingerprint density at radius 2 is 2.00 bits per heavy atom. The Labute approximate surface area is 167 Å². The van der Waals surface area contributed by atoms with Gasteiger partial charge in [0.05, 0.1) is 17.7 Å². The molecule has 0 bridgehead atoms. The molecule has 8 heteroatoms. The molecule has 3 aromatic rings. The molecule has 2 aromatic carbocycles. The number of carbonyl (C=O) groups is 1. The summed E-state index contributed by atoms with van der Waals surface area (Å²) in [5, 5.41) is 24.5. The zero-order valence-corrected chi connectivity index (χ0v) is 16.4. The van der Waals surface area contributed by atoms with Gasteiger partial charge in [-0.05, 0) is 37.1 Å². The molecule has 0 amide bonds. The monoisotopic (exact) mass is 395 g/mol. The van der Waals surface area contributed by atoms with Crippen molar-refractivity contribution >= 4 is 11.7 Å². The number of aliphatic carboxylic acids is 1. The van der Waals surface area contributed by atoms with Crippen LogP contribution in [0, 0.1) is 24.0 Å². The Kier molecular flexibility index (Phi) is 5.63. The van der Waals surface area contributed by atoms with E-state index in [1.165, 1.54) is 16.8 Å². The number of ether oxygens (including phenoxy) is 1. The van der Waals surface area contributed by atoms with Gasteiger partial charge >= 0.3 is 5.97 Å². The number of nitro groups is 1. The summed E-state index contributed by atoms with van der Waals surface area (Å²) in [6.45, 7) is 3.52. The molecular weight excluding hydrogens is 374 g/mol. The van der Waals surface area contributed by atoms with Crippen molar-refractivity contribution in [2.75, 3.05) is 7.11 Å². The number of carboxylic acid groups (broad SMARTS) is 1. The molecule has 0 fully saturated rings. The normalized spacial score (nSPS) is 10.7. The molecular formula is C21H21N3O5. The van der Waals surface area contributed by atoms with Crippen molar-refractivity contribution < 1.29 is 19.6 Å². The minimum atomic E-state index is -0.945. The Morgan fingerprint density at radius 3 is 2.66 bits per heavy atom. The fourth-order valence-corrected chi connectivity index (χ4v) is 3.35. The first-order valence-electron chi connectivity index (χ1n) is 8.96. The Hall–Kier alpha value is -3.68. The molecule has 0 radical (unpaired) electrons. The molecule has 0 atom stereocenters. The van der Waals surface area contributed by atoms with Gasteiger partial charge in [-0.1, -0.05) is 18.2 Å². The molecule has 29 heavy (non-hydrogen) atoms. The van der Waals surface area contributed by atoms with Crippen molar-refractivity contribution in [1.82, 2.24) is 9.78 Å². The summed E-state index contributed by atoms with van der Waals surface area (Å²) in [5.41, 5.74) is 4.95. The predicted octanol–water partition coefficient (Wildman–Crippen LogP) is 3.76. The maximum absolute atomic E-state index is 11.1. The number of hydrogen-bond donors (Lipinski definition) is 1. The predicted molar refractivity (Wildman–Crippen MR) is 107 cm³/mol. The molecule has 0 saturated carbocycles. The van der Waals surface area contributed by atoms with Crippen molar-refractivity contribution in [3.8, 4) is 16.9 Å². The van der Waals surface area contributed by atoms with E-state index in [-0.39, 0.29) is 12.2 Å². The molecule has 1 heterocycles. The number of hydrogen-bond acceptors (Lipinski definition) is 5. The summed E-state index contributed by atoms with van der Waals surface area (Å²) in [5.74, 6) is -0.330. The van der Waals surface area contributed by atoms with Crippen molar-refractivity contribution in [1.29, 1.82) is 0 Å². The quantitative estimate of drug-likeness (QED) is 0.482. The SMILES string of the molecule is COc1ccc(Cc2c(C)nn(CC(=O)O)c2C)cc1-c1cccc([N+](=O)[O-])c1. The minimum Gasteiger partial charge on any atom is -0.496 e. The van der Waals surface area contributed by atoms with Gasteiger partial charge in [0.2, 0.25) is 0 Å². The molecule has 0 aliphatic rings. The van der Waals surface area contributed by atoms with E-state index < -0.39 is 10.9 Å². The van der Waals surface area contributed by atoms with Crippen LogP contribution in [0.4, 0.5) is 5.69 Å². The molecule has 8 nitrogen and oxygen atoms in total. The summed E-state index contributed by atoms with van der Waals surface area (Å²) in [7, 11) is 1.56. The van der Waals surface area contributed by atoms with Gasteiger partial charge < -0.3 is 9.84 Å². The maximum Gasteiger partial charge on any atom is 0.325 e. The van der Waals surface area contributed by atoms with E-state index in [4.69, 9.17) is 9.84 Å². The van der Waals surface area contributed by atoms with Crippen LogP contribution in [0.2, 0.25) is 0 Å². The number of carboxylic acids is 1. The van der Waals surface area contributed by atoms with E-state index in [0.717, 1.165) is 28.1 Å². The Balaban J connectivity index is 2.00. The highest BCUT2D eigenvalue weighted by atomic mass is 16.6. The van der Waals surface area contributed by atoms with E-state index in [9.17, 15) is 14.9 Å². The molecule has 0 spiro atoms. The van der Waals surface area contributed by atoms with E-state index in [1.807, 2.05) is 32.0 Å². The Morgan fingerprint density at radius 1 is 1.24 bits per heavy atom. The number of nitrogens with zero attached hydrogens (tertiary/aromatic N) is 3. The largest absolute Gasteiger partial charge is 0.496 e. The van der Waals surface area contributed by atoms with Crippen LogP contribution in [-0.4, -0.2) is 32.9 Å². The second kappa shape index (κ2) is 8.14. The summed E-state index contributed by atoms with van der Waals surface area (Å²) in [6, 6.07) is 12.1. The average Bonchev–Trinajstić information content (AvgIpc) is 2.94. The lowest BCUT2D eigenvalue weighted by molar-refractivity contribution is -0.384. The van der Waals surface area contributed by atoms with E-state index in [0.29, 0.717) is 17.7 Å². The number of methoxy groups -OCH3 is 1. The highest BCUT2D eigenvalue weighted by molar-refractivity contribution is 5.73. The first kappa shape index (κ1) is 20.1. The molecule has 1 aromatic heterocycles. The maximum atomic E-state index is 11.1. The molecule has 0 saturated heterocycles. The first-order valence-corrected chi connectivity index (χ1v) is 8.96. The van der Waals surface area contributed by atoms with E-state index >= 15 is 0 Å². The van der Waals surface area contributed by atoms with Crippen LogP contribution >= 0.6 is 0 Å². The number of aromatic nitrogens is 2. The van der Waals surface area contributed by atoms with Crippen molar-refractivity contribution in [2.45, 2.75) is 26.8 Å². The van der Waals surface area contributed by atoms with Gasteiger partial charge in [-0.25, -0.2) is 0 Å². The minimum absolute atomic E-state index is 0.0107. The Bertz CT molecular complexity index is 1090. The lowest BCUT2D eigenvalue weighted by Crippen LogP contribution is -2.11. The third-order valence-corrected chi connectivity index (χ3v) is 4.83. The molecule has 0 aliphatic heterocycles.